The summed E-state index contributed by atoms with van der Waals surface area (Å²) in [5, 5.41) is 0. The van der Waals surface area contributed by atoms with Crippen LogP contribution in [-0.2, 0) is 31.8 Å². The van der Waals surface area contributed by atoms with Crippen molar-refractivity contribution in [1.82, 2.24) is 0 Å². The van der Waals surface area contributed by atoms with Gasteiger partial charge in [0.2, 0.25) is 0 Å². The number of rotatable bonds is 12. The van der Waals surface area contributed by atoms with Crippen molar-refractivity contribution in [2.45, 2.75) is 12.8 Å². The fraction of sp³-hybridized carbons (Fsp3) is 1.00. The maximum atomic E-state index is 11.2. The second kappa shape index (κ2) is 20.2. The van der Waals surface area contributed by atoms with Gasteiger partial charge in [0.05, 0.1) is 42.1 Å². The molecule has 0 aliphatic heterocycles. The third-order valence-corrected chi connectivity index (χ3v) is 3.60. The monoisotopic (exact) mass is 462 g/mol. The Labute approximate surface area is 233 Å². The van der Waals surface area contributed by atoms with Crippen LogP contribution in [0.15, 0.2) is 0 Å². The molecule has 0 aromatic heterocycles. The Morgan fingerprint density at radius 3 is 1.08 bits per heavy atom. The second-order valence-corrected chi connectivity index (χ2v) is 7.16. The molecule has 0 bridgehead atoms. The first kappa shape index (κ1) is 39.8. The molecule has 0 rings (SSSR count). The molecule has 0 aromatic carbocycles. The van der Waals surface area contributed by atoms with E-state index in [-0.39, 0.29) is 131 Å². The average molecular weight is 462 g/mol. The van der Waals surface area contributed by atoms with Crippen molar-refractivity contribution < 1.29 is 174 Å². The molecular formula is C6H13Na4O12P3. The number of phosphoric acid groups is 3. The average Bonchev–Trinajstić information content (AvgIpc) is 2.24. The fourth-order valence-corrected chi connectivity index (χ4v) is 2.37. The van der Waals surface area contributed by atoms with E-state index >= 15 is 0 Å². The summed E-state index contributed by atoms with van der Waals surface area (Å²) in [6, 6.07) is 0. The van der Waals surface area contributed by atoms with Gasteiger partial charge in [0.1, 0.15) is 0 Å². The Hall–Kier alpha value is 4.33. The molecule has 0 saturated carbocycles. The molecule has 0 fully saturated rings. The minimum Gasteiger partial charge on any atom is -0.790 e. The van der Waals surface area contributed by atoms with Crippen LogP contribution in [0, 0.1) is 0 Å². The van der Waals surface area contributed by atoms with Crippen molar-refractivity contribution in [1.29, 1.82) is 0 Å². The van der Waals surface area contributed by atoms with Gasteiger partial charge in [-0.15, -0.1) is 0 Å². The zero-order chi connectivity index (χ0) is 16.6. The Morgan fingerprint density at radius 1 is 0.600 bits per heavy atom. The molecule has 0 atom stereocenters. The molecule has 1 N–H and O–H groups in total. The van der Waals surface area contributed by atoms with Crippen LogP contribution < -0.4 is 138 Å². The molecule has 0 spiro atoms. The summed E-state index contributed by atoms with van der Waals surface area (Å²) >= 11 is 0. The zero-order valence-electron chi connectivity index (χ0n) is 14.5. The van der Waals surface area contributed by atoms with Crippen LogP contribution in [0.5, 0.6) is 0 Å². The molecule has 0 radical (unpaired) electrons. The van der Waals surface area contributed by atoms with Crippen molar-refractivity contribution in [2.24, 2.45) is 0 Å². The van der Waals surface area contributed by atoms with Gasteiger partial charge in [-0.2, -0.15) is 0 Å². The smallest absolute Gasteiger partial charge is 0.790 e. The van der Waals surface area contributed by atoms with E-state index in [1.807, 2.05) is 0 Å². The van der Waals surface area contributed by atoms with Crippen LogP contribution in [0.4, 0.5) is 0 Å². The summed E-state index contributed by atoms with van der Waals surface area (Å²) in [4.78, 5) is 49.4. The normalized spacial score (nSPS) is 11.4. The largest absolute Gasteiger partial charge is 1.00 e. The maximum Gasteiger partial charge on any atom is 1.00 e. The van der Waals surface area contributed by atoms with E-state index in [4.69, 9.17) is 4.89 Å². The van der Waals surface area contributed by atoms with Gasteiger partial charge in [-0.1, -0.05) is 0 Å². The second-order valence-electron chi connectivity index (χ2n) is 3.40. The van der Waals surface area contributed by atoms with E-state index < -0.39 is 49.9 Å². The van der Waals surface area contributed by atoms with Crippen molar-refractivity contribution in [3.63, 3.8) is 0 Å². The van der Waals surface area contributed by atoms with E-state index in [9.17, 15) is 33.3 Å². The Bertz CT molecular complexity index is 405. The van der Waals surface area contributed by atoms with Gasteiger partial charge in [0.15, 0.2) is 0 Å². The number of phosphoric ester groups is 3. The molecule has 25 heavy (non-hydrogen) atoms. The molecule has 0 aliphatic rings. The van der Waals surface area contributed by atoms with Crippen molar-refractivity contribution >= 4 is 23.5 Å². The molecule has 12 nitrogen and oxygen atoms in total. The van der Waals surface area contributed by atoms with Crippen LogP contribution >= 0.6 is 23.5 Å². The van der Waals surface area contributed by atoms with Crippen molar-refractivity contribution in [3.8, 4) is 0 Å². The quantitative estimate of drug-likeness (QED) is 0.163. The first-order chi connectivity index (χ1) is 9.41. The summed E-state index contributed by atoms with van der Waals surface area (Å²) in [6.45, 7) is -1.86. The van der Waals surface area contributed by atoms with Crippen LogP contribution in [0.25, 0.3) is 0 Å². The van der Waals surface area contributed by atoms with Gasteiger partial charge in [-0.25, -0.2) is 4.57 Å². The molecule has 19 heteroatoms. The summed E-state index contributed by atoms with van der Waals surface area (Å²) < 4.78 is 47.8. The van der Waals surface area contributed by atoms with Crippen LogP contribution in [-0.4, -0.2) is 31.3 Å². The van der Waals surface area contributed by atoms with E-state index in [0.29, 0.717) is 0 Å². The predicted molar refractivity (Wildman–Crippen MR) is 58.1 cm³/mol. The zero-order valence-corrected chi connectivity index (χ0v) is 25.2. The summed E-state index contributed by atoms with van der Waals surface area (Å²) in [7, 11) is -14.6. The summed E-state index contributed by atoms with van der Waals surface area (Å²) in [5.74, 6) is 0. The number of hydrogen-bond donors (Lipinski definition) is 1. The van der Waals surface area contributed by atoms with Crippen molar-refractivity contribution in [3.05, 3.63) is 0 Å². The first-order valence-electron chi connectivity index (χ1n) is 5.36. The molecule has 0 amide bonds. The molecule has 0 saturated heterocycles. The Morgan fingerprint density at radius 2 is 0.840 bits per heavy atom. The van der Waals surface area contributed by atoms with E-state index in [1.165, 1.54) is 0 Å². The first-order valence-corrected chi connectivity index (χ1v) is 9.78. The SMILES string of the molecule is O=P([O-])([O-])OCCCOP(=O)(O)OCCCOP(=O)([O-])[O-].[Na+].[Na+].[Na+].[Na+]. The summed E-state index contributed by atoms with van der Waals surface area (Å²) in [5.41, 5.74) is 0. The standard InChI is InChI=1S/C6H17O12P3.4Na/c7-19(8,9)15-3-1-5-17-21(13,14)18-6-2-4-16-20(10,11)12;;;;/h1-6H2,(H,13,14)(H2,7,8,9)(H2,10,11,12);;;;/q;4*+1/p-4. The molecule has 128 valence electrons. The molecule has 0 heterocycles. The molecular weight excluding hydrogens is 449 g/mol. The summed E-state index contributed by atoms with van der Waals surface area (Å²) in [6.07, 6.45) is -0.303. The third kappa shape index (κ3) is 33.2. The van der Waals surface area contributed by atoms with Crippen LogP contribution in [0.1, 0.15) is 12.8 Å². The topological polar surface area (TPSA) is 201 Å². The Balaban J connectivity index is -0.000000333. The van der Waals surface area contributed by atoms with Gasteiger partial charge in [-0.05, 0) is 12.8 Å². The fourth-order valence-electron chi connectivity index (χ4n) is 0.868. The minimum absolute atomic E-state index is 0. The van der Waals surface area contributed by atoms with Crippen LogP contribution in [0.2, 0.25) is 0 Å². The van der Waals surface area contributed by atoms with Crippen molar-refractivity contribution in [2.75, 3.05) is 26.4 Å². The van der Waals surface area contributed by atoms with Gasteiger partial charge in [0.25, 0.3) is 0 Å². The van der Waals surface area contributed by atoms with E-state index in [2.05, 4.69) is 18.1 Å². The minimum atomic E-state index is -5.09. The van der Waals surface area contributed by atoms with E-state index in [1.54, 1.807) is 0 Å². The van der Waals surface area contributed by atoms with Gasteiger partial charge in [-0.3, -0.25) is 9.05 Å². The van der Waals surface area contributed by atoms with Gasteiger partial charge >= 0.3 is 126 Å². The predicted octanol–water partition coefficient (Wildman–Crippen LogP) is -14.4. The molecule has 0 aromatic rings. The van der Waals surface area contributed by atoms with E-state index in [0.717, 1.165) is 0 Å². The molecule has 0 aliphatic carbocycles. The number of hydrogen-bond acceptors (Lipinski definition) is 11. The van der Waals surface area contributed by atoms with Crippen LogP contribution in [0.3, 0.4) is 0 Å². The molecule has 0 unspecified atom stereocenters. The third-order valence-electron chi connectivity index (χ3n) is 1.59. The maximum absolute atomic E-state index is 11.2. The Kier molecular flexibility index (Phi) is 32.2. The van der Waals surface area contributed by atoms with Gasteiger partial charge < -0.3 is 42.6 Å². The van der Waals surface area contributed by atoms with Gasteiger partial charge in [0, 0.05) is 0 Å².